The van der Waals surface area contributed by atoms with Crippen LogP contribution in [-0.4, -0.2) is 31.4 Å². The quantitative estimate of drug-likeness (QED) is 0.655. The van der Waals surface area contributed by atoms with Crippen molar-refractivity contribution < 1.29 is 9.59 Å². The fourth-order valence-corrected chi connectivity index (χ4v) is 2.38. The smallest absolute Gasteiger partial charge is 0.242 e. The van der Waals surface area contributed by atoms with Gasteiger partial charge >= 0.3 is 0 Å². The summed E-state index contributed by atoms with van der Waals surface area (Å²) in [5, 5.41) is 5.28. The van der Waals surface area contributed by atoms with Crippen LogP contribution in [0.15, 0.2) is 0 Å². The SMILES string of the molecule is CNC(=O)C(C)NC(=O)C1(CN)CCCCC1. The first-order valence-electron chi connectivity index (χ1n) is 6.28. The summed E-state index contributed by atoms with van der Waals surface area (Å²) in [5.74, 6) is -0.253. The van der Waals surface area contributed by atoms with Crippen molar-refractivity contribution >= 4 is 11.8 Å². The summed E-state index contributed by atoms with van der Waals surface area (Å²) in [6.07, 6.45) is 4.91. The highest BCUT2D eigenvalue weighted by Crippen LogP contribution is 2.35. The maximum atomic E-state index is 12.2. The molecule has 2 amide bonds. The summed E-state index contributed by atoms with van der Waals surface area (Å²) in [5.41, 5.74) is 5.30. The minimum Gasteiger partial charge on any atom is -0.357 e. The van der Waals surface area contributed by atoms with Gasteiger partial charge in [-0.3, -0.25) is 9.59 Å². The van der Waals surface area contributed by atoms with Gasteiger partial charge in [0.05, 0.1) is 5.41 Å². The third kappa shape index (κ3) is 3.19. The van der Waals surface area contributed by atoms with Gasteiger partial charge in [0.2, 0.25) is 11.8 Å². The van der Waals surface area contributed by atoms with Crippen LogP contribution in [0.5, 0.6) is 0 Å². The van der Waals surface area contributed by atoms with Gasteiger partial charge in [-0.05, 0) is 19.8 Å². The number of nitrogens with two attached hydrogens (primary N) is 1. The molecule has 1 unspecified atom stereocenters. The number of likely N-dealkylation sites (N-methyl/N-ethyl adjacent to an activating group) is 1. The lowest BCUT2D eigenvalue weighted by molar-refractivity contribution is -0.136. The summed E-state index contributed by atoms with van der Waals surface area (Å²) in [4.78, 5) is 23.6. The molecule has 1 saturated carbocycles. The van der Waals surface area contributed by atoms with Crippen molar-refractivity contribution in [2.75, 3.05) is 13.6 Å². The number of amides is 2. The van der Waals surface area contributed by atoms with Crippen LogP contribution in [0.25, 0.3) is 0 Å². The highest BCUT2D eigenvalue weighted by Gasteiger charge is 2.38. The van der Waals surface area contributed by atoms with E-state index < -0.39 is 11.5 Å². The zero-order valence-electron chi connectivity index (χ0n) is 10.7. The van der Waals surface area contributed by atoms with Gasteiger partial charge in [0.25, 0.3) is 0 Å². The van der Waals surface area contributed by atoms with Gasteiger partial charge in [-0.25, -0.2) is 0 Å². The van der Waals surface area contributed by atoms with Crippen molar-refractivity contribution in [3.63, 3.8) is 0 Å². The molecule has 98 valence electrons. The zero-order chi connectivity index (χ0) is 12.9. The van der Waals surface area contributed by atoms with E-state index in [1.165, 1.54) is 6.42 Å². The normalized spacial score (nSPS) is 20.4. The molecular formula is C12H23N3O2. The molecule has 1 rings (SSSR count). The van der Waals surface area contributed by atoms with Crippen LogP contribution in [0.4, 0.5) is 0 Å². The first-order chi connectivity index (χ1) is 8.05. The molecule has 0 saturated heterocycles. The van der Waals surface area contributed by atoms with Crippen LogP contribution < -0.4 is 16.4 Å². The van der Waals surface area contributed by atoms with Crippen LogP contribution in [0, 0.1) is 5.41 Å². The Balaban J connectivity index is 2.63. The molecule has 5 nitrogen and oxygen atoms in total. The van der Waals surface area contributed by atoms with Crippen LogP contribution in [-0.2, 0) is 9.59 Å². The molecular weight excluding hydrogens is 218 g/mol. The molecule has 0 spiro atoms. The van der Waals surface area contributed by atoms with Crippen molar-refractivity contribution in [2.24, 2.45) is 11.1 Å². The summed E-state index contributed by atoms with van der Waals surface area (Å²) in [6, 6.07) is -0.502. The summed E-state index contributed by atoms with van der Waals surface area (Å²) >= 11 is 0. The van der Waals surface area contributed by atoms with Crippen LogP contribution >= 0.6 is 0 Å². The van der Waals surface area contributed by atoms with E-state index in [4.69, 9.17) is 5.73 Å². The lowest BCUT2D eigenvalue weighted by Crippen LogP contribution is -2.52. The molecule has 0 aromatic heterocycles. The average Bonchev–Trinajstić information content (AvgIpc) is 2.38. The maximum Gasteiger partial charge on any atom is 0.242 e. The Kier molecular flexibility index (Phi) is 4.93. The van der Waals surface area contributed by atoms with Gasteiger partial charge in [0.1, 0.15) is 6.04 Å². The van der Waals surface area contributed by atoms with Gasteiger partial charge in [-0.15, -0.1) is 0 Å². The minimum atomic E-state index is -0.502. The Hall–Kier alpha value is -1.10. The molecule has 1 fully saturated rings. The largest absolute Gasteiger partial charge is 0.357 e. The zero-order valence-corrected chi connectivity index (χ0v) is 10.7. The van der Waals surface area contributed by atoms with E-state index in [0.717, 1.165) is 25.7 Å². The van der Waals surface area contributed by atoms with Gasteiger partial charge in [0, 0.05) is 13.6 Å². The van der Waals surface area contributed by atoms with E-state index in [0.29, 0.717) is 6.54 Å². The summed E-state index contributed by atoms with van der Waals surface area (Å²) in [7, 11) is 1.56. The first-order valence-corrected chi connectivity index (χ1v) is 6.28. The van der Waals surface area contributed by atoms with Gasteiger partial charge in [-0.2, -0.15) is 0 Å². The number of nitrogens with one attached hydrogen (secondary N) is 2. The molecule has 1 aliphatic rings. The Bertz CT molecular complexity index is 285. The summed E-state index contributed by atoms with van der Waals surface area (Å²) in [6.45, 7) is 2.04. The third-order valence-corrected chi connectivity index (χ3v) is 3.67. The molecule has 0 bridgehead atoms. The monoisotopic (exact) mass is 241 g/mol. The Labute approximate surface area is 103 Å². The second kappa shape index (κ2) is 6.00. The highest BCUT2D eigenvalue weighted by atomic mass is 16.2. The molecule has 5 heteroatoms. The van der Waals surface area contributed by atoms with Crippen molar-refractivity contribution in [3.8, 4) is 0 Å². The molecule has 1 aliphatic carbocycles. The molecule has 0 aliphatic heterocycles. The minimum absolute atomic E-state index is 0.0733. The van der Waals surface area contributed by atoms with E-state index in [-0.39, 0.29) is 11.8 Å². The van der Waals surface area contributed by atoms with Crippen LogP contribution in [0.3, 0.4) is 0 Å². The molecule has 0 aromatic rings. The third-order valence-electron chi connectivity index (χ3n) is 3.67. The highest BCUT2D eigenvalue weighted by molar-refractivity contribution is 5.89. The van der Waals surface area contributed by atoms with Crippen molar-refractivity contribution in [1.82, 2.24) is 10.6 Å². The van der Waals surface area contributed by atoms with E-state index in [1.54, 1.807) is 14.0 Å². The van der Waals surface area contributed by atoms with E-state index in [9.17, 15) is 9.59 Å². The molecule has 0 radical (unpaired) electrons. The fourth-order valence-electron chi connectivity index (χ4n) is 2.38. The Morgan fingerprint density at radius 2 is 1.88 bits per heavy atom. The standard InChI is InChI=1S/C12H23N3O2/c1-9(10(16)14-2)15-11(17)12(8-13)6-4-3-5-7-12/h9H,3-8,13H2,1-2H3,(H,14,16)(H,15,17). The first kappa shape index (κ1) is 14.0. The predicted molar refractivity (Wildman–Crippen MR) is 66.2 cm³/mol. The van der Waals surface area contributed by atoms with Crippen molar-refractivity contribution in [3.05, 3.63) is 0 Å². The summed E-state index contributed by atoms with van der Waals surface area (Å²) < 4.78 is 0. The van der Waals surface area contributed by atoms with E-state index in [2.05, 4.69) is 10.6 Å². The molecule has 4 N–H and O–H groups in total. The lowest BCUT2D eigenvalue weighted by atomic mass is 9.73. The molecule has 0 heterocycles. The molecule has 0 aromatic carbocycles. The number of carbonyl (C=O) groups excluding carboxylic acids is 2. The predicted octanol–water partition coefficient (Wildman–Crippen LogP) is 0.146. The second-order valence-corrected chi connectivity index (χ2v) is 4.85. The van der Waals surface area contributed by atoms with Crippen LogP contribution in [0.2, 0.25) is 0 Å². The van der Waals surface area contributed by atoms with Crippen molar-refractivity contribution in [2.45, 2.75) is 45.1 Å². The topological polar surface area (TPSA) is 84.2 Å². The van der Waals surface area contributed by atoms with Crippen LogP contribution in [0.1, 0.15) is 39.0 Å². The number of rotatable bonds is 4. The number of hydrogen-bond acceptors (Lipinski definition) is 3. The Morgan fingerprint density at radius 3 is 2.35 bits per heavy atom. The lowest BCUT2D eigenvalue weighted by Gasteiger charge is -2.35. The van der Waals surface area contributed by atoms with E-state index >= 15 is 0 Å². The van der Waals surface area contributed by atoms with Crippen molar-refractivity contribution in [1.29, 1.82) is 0 Å². The van der Waals surface area contributed by atoms with E-state index in [1.807, 2.05) is 0 Å². The van der Waals surface area contributed by atoms with Gasteiger partial charge in [0.15, 0.2) is 0 Å². The maximum absolute atomic E-state index is 12.2. The number of carbonyl (C=O) groups is 2. The molecule has 1 atom stereocenters. The number of hydrogen-bond donors (Lipinski definition) is 3. The second-order valence-electron chi connectivity index (χ2n) is 4.85. The average molecular weight is 241 g/mol. The van der Waals surface area contributed by atoms with Gasteiger partial charge in [-0.1, -0.05) is 19.3 Å². The molecule has 17 heavy (non-hydrogen) atoms. The Morgan fingerprint density at radius 1 is 1.29 bits per heavy atom. The fraction of sp³-hybridized carbons (Fsp3) is 0.833. The van der Waals surface area contributed by atoms with Gasteiger partial charge < -0.3 is 16.4 Å².